The van der Waals surface area contributed by atoms with Gasteiger partial charge in [0.15, 0.2) is 12.0 Å². The van der Waals surface area contributed by atoms with Gasteiger partial charge in [0.1, 0.15) is 0 Å². The number of benzene rings is 1. The van der Waals surface area contributed by atoms with Crippen LogP contribution in [0, 0.1) is 5.21 Å². The van der Waals surface area contributed by atoms with Crippen molar-refractivity contribution in [3.63, 3.8) is 0 Å². The molecule has 0 aliphatic rings. The highest BCUT2D eigenvalue weighted by Crippen LogP contribution is 2.21. The van der Waals surface area contributed by atoms with Gasteiger partial charge in [-0.25, -0.2) is 0 Å². The summed E-state index contributed by atoms with van der Waals surface area (Å²) in [4.78, 5) is 23.3. The Morgan fingerprint density at radius 2 is 1.86 bits per heavy atom. The van der Waals surface area contributed by atoms with E-state index in [1.807, 2.05) is 0 Å². The smallest absolute Gasteiger partial charge is 0.252 e. The number of rotatable bonds is 5. The lowest BCUT2D eigenvalue weighted by Gasteiger charge is -2.11. The number of nitrogens with zero attached hydrogens (tertiary/aromatic N) is 1. The van der Waals surface area contributed by atoms with Gasteiger partial charge >= 0.3 is 0 Å². The van der Waals surface area contributed by atoms with Crippen LogP contribution in [0.1, 0.15) is 24.2 Å². The van der Waals surface area contributed by atoms with Crippen LogP contribution in [0.5, 0.6) is 0 Å². The van der Waals surface area contributed by atoms with E-state index in [-0.39, 0.29) is 11.7 Å². The van der Waals surface area contributed by atoms with Gasteiger partial charge in [0, 0.05) is 23.4 Å². The Labute approximate surface area is 132 Å². The van der Waals surface area contributed by atoms with Crippen molar-refractivity contribution >= 4 is 29.1 Å². The minimum Gasteiger partial charge on any atom is -0.618 e. The van der Waals surface area contributed by atoms with Crippen molar-refractivity contribution in [3.8, 4) is 0 Å². The summed E-state index contributed by atoms with van der Waals surface area (Å²) >= 11 is 1.19. The monoisotopic (exact) mass is 316 g/mol. The zero-order valence-electron chi connectivity index (χ0n) is 12.3. The molecule has 22 heavy (non-hydrogen) atoms. The number of hydrogen-bond acceptors (Lipinski definition) is 4. The van der Waals surface area contributed by atoms with Crippen molar-refractivity contribution < 1.29 is 14.3 Å². The molecule has 1 atom stereocenters. The maximum atomic E-state index is 12.1. The highest BCUT2D eigenvalue weighted by Gasteiger charge is 2.18. The van der Waals surface area contributed by atoms with E-state index in [0.29, 0.717) is 16.3 Å². The maximum Gasteiger partial charge on any atom is 0.252 e. The largest absolute Gasteiger partial charge is 0.618 e. The molecule has 0 bridgehead atoms. The third-order valence-electron chi connectivity index (χ3n) is 3.01. The molecule has 2 aromatic rings. The zero-order chi connectivity index (χ0) is 16.1. The number of anilines is 1. The fourth-order valence-corrected chi connectivity index (χ4v) is 2.62. The standard InChI is InChI=1S/C16H16N2O3S/c1-11(19)13-6-8-14(9-7-13)17-16(20)12(2)22-15-5-3-4-10-18(15)21/h3-10,12H,1-2H3,(H,17,20)/t12-/m1/s1. The predicted molar refractivity (Wildman–Crippen MR) is 85.8 cm³/mol. The molecule has 0 spiro atoms. The van der Waals surface area contributed by atoms with Crippen molar-refractivity contribution in [1.82, 2.24) is 0 Å². The molecule has 114 valence electrons. The second kappa shape index (κ2) is 7.09. The number of nitrogens with one attached hydrogen (secondary N) is 1. The Morgan fingerprint density at radius 1 is 1.18 bits per heavy atom. The van der Waals surface area contributed by atoms with E-state index in [0.717, 1.165) is 4.73 Å². The van der Waals surface area contributed by atoms with Gasteiger partial charge in [0.05, 0.1) is 5.25 Å². The van der Waals surface area contributed by atoms with Crippen LogP contribution in [0.4, 0.5) is 5.69 Å². The fourth-order valence-electron chi connectivity index (χ4n) is 1.77. The van der Waals surface area contributed by atoms with Crippen LogP contribution in [0.25, 0.3) is 0 Å². The number of hydrogen-bond donors (Lipinski definition) is 1. The Kier molecular flexibility index (Phi) is 5.16. The Morgan fingerprint density at radius 3 is 2.45 bits per heavy atom. The van der Waals surface area contributed by atoms with E-state index >= 15 is 0 Å². The zero-order valence-corrected chi connectivity index (χ0v) is 13.1. The molecule has 1 heterocycles. The average molecular weight is 316 g/mol. The van der Waals surface area contributed by atoms with Gasteiger partial charge in [-0.15, -0.1) is 0 Å². The number of ketones is 1. The first kappa shape index (κ1) is 16.0. The molecule has 1 aromatic heterocycles. The lowest BCUT2D eigenvalue weighted by molar-refractivity contribution is -0.645. The number of pyridine rings is 1. The van der Waals surface area contributed by atoms with Crippen molar-refractivity contribution in [2.24, 2.45) is 0 Å². The van der Waals surface area contributed by atoms with Crippen molar-refractivity contribution in [1.29, 1.82) is 0 Å². The summed E-state index contributed by atoms with van der Waals surface area (Å²) in [5.41, 5.74) is 1.21. The Bertz CT molecular complexity index is 686. The first-order chi connectivity index (χ1) is 10.5. The number of thioether (sulfide) groups is 1. The van der Waals surface area contributed by atoms with Crippen molar-refractivity contribution in [3.05, 3.63) is 59.4 Å². The first-order valence-electron chi connectivity index (χ1n) is 6.74. The fraction of sp³-hybridized carbons (Fsp3) is 0.188. The molecular formula is C16H16N2O3S. The number of aromatic nitrogens is 1. The van der Waals surface area contributed by atoms with E-state index < -0.39 is 5.25 Å². The SMILES string of the molecule is CC(=O)c1ccc(NC(=O)[C@@H](C)Sc2cccc[n+]2[O-])cc1. The van der Waals surface area contributed by atoms with Crippen LogP contribution in [-0.4, -0.2) is 16.9 Å². The molecule has 0 radical (unpaired) electrons. The van der Waals surface area contributed by atoms with Gasteiger partial charge in [-0.3, -0.25) is 9.59 Å². The van der Waals surface area contributed by atoms with Gasteiger partial charge in [0.2, 0.25) is 5.91 Å². The minimum atomic E-state index is -0.421. The van der Waals surface area contributed by atoms with Crippen molar-refractivity contribution in [2.75, 3.05) is 5.32 Å². The number of amides is 1. The molecule has 6 heteroatoms. The Hall–Kier alpha value is -2.34. The molecule has 1 N–H and O–H groups in total. The predicted octanol–water partition coefficient (Wildman–Crippen LogP) is 2.64. The highest BCUT2D eigenvalue weighted by atomic mass is 32.2. The van der Waals surface area contributed by atoms with Crippen LogP contribution in [0.2, 0.25) is 0 Å². The molecule has 2 rings (SSSR count). The van der Waals surface area contributed by atoms with Gasteiger partial charge in [-0.2, -0.15) is 4.73 Å². The molecule has 1 aromatic carbocycles. The summed E-state index contributed by atoms with van der Waals surface area (Å²) in [5, 5.41) is 14.4. The third-order valence-corrected chi connectivity index (χ3v) is 4.14. The molecule has 0 aliphatic carbocycles. The van der Waals surface area contributed by atoms with E-state index in [4.69, 9.17) is 0 Å². The second-order valence-corrected chi connectivity index (χ2v) is 6.11. The Balaban J connectivity index is 1.99. The lowest BCUT2D eigenvalue weighted by atomic mass is 10.1. The maximum absolute atomic E-state index is 12.1. The van der Waals surface area contributed by atoms with Crippen LogP contribution in [0.15, 0.2) is 53.7 Å². The normalized spacial score (nSPS) is 11.7. The van der Waals surface area contributed by atoms with E-state index in [1.165, 1.54) is 24.9 Å². The van der Waals surface area contributed by atoms with E-state index in [9.17, 15) is 14.8 Å². The topological polar surface area (TPSA) is 73.1 Å². The molecule has 0 aliphatic heterocycles. The van der Waals surface area contributed by atoms with Crippen LogP contribution >= 0.6 is 11.8 Å². The molecule has 0 unspecified atom stereocenters. The molecular weight excluding hydrogens is 300 g/mol. The molecule has 5 nitrogen and oxygen atoms in total. The lowest BCUT2D eigenvalue weighted by Crippen LogP contribution is -2.30. The minimum absolute atomic E-state index is 0.0223. The average Bonchev–Trinajstić information content (AvgIpc) is 2.50. The summed E-state index contributed by atoms with van der Waals surface area (Å²) in [6.45, 7) is 3.22. The number of carbonyl (C=O) groups excluding carboxylic acids is 2. The van der Waals surface area contributed by atoms with Gasteiger partial charge in [-0.05, 0) is 55.9 Å². The summed E-state index contributed by atoms with van der Waals surface area (Å²) in [5.74, 6) is -0.227. The van der Waals surface area contributed by atoms with Crippen LogP contribution in [-0.2, 0) is 4.79 Å². The van der Waals surface area contributed by atoms with Gasteiger partial charge in [0.25, 0.3) is 5.03 Å². The third kappa shape index (κ3) is 4.08. The summed E-state index contributed by atoms with van der Waals surface area (Å²) < 4.78 is 0.732. The van der Waals surface area contributed by atoms with Gasteiger partial charge in [-0.1, -0.05) is 0 Å². The quantitative estimate of drug-likeness (QED) is 0.398. The molecule has 0 fully saturated rings. The van der Waals surface area contributed by atoms with Crippen LogP contribution < -0.4 is 10.0 Å². The molecule has 0 saturated heterocycles. The van der Waals surface area contributed by atoms with Crippen LogP contribution in [0.3, 0.4) is 0 Å². The van der Waals surface area contributed by atoms with E-state index in [1.54, 1.807) is 49.4 Å². The molecule has 1 amide bonds. The number of Topliss-reactive ketones (excluding diaryl/α,β-unsaturated/α-hetero) is 1. The summed E-state index contributed by atoms with van der Waals surface area (Å²) in [6, 6.07) is 11.8. The number of carbonyl (C=O) groups is 2. The summed E-state index contributed by atoms with van der Waals surface area (Å²) in [6.07, 6.45) is 1.40. The highest BCUT2D eigenvalue weighted by molar-refractivity contribution is 8.00. The van der Waals surface area contributed by atoms with Crippen molar-refractivity contribution in [2.45, 2.75) is 24.1 Å². The summed E-state index contributed by atoms with van der Waals surface area (Å²) in [7, 11) is 0. The first-order valence-corrected chi connectivity index (χ1v) is 7.62. The van der Waals surface area contributed by atoms with E-state index in [2.05, 4.69) is 5.32 Å². The van der Waals surface area contributed by atoms with Gasteiger partial charge < -0.3 is 10.5 Å². The molecule has 0 saturated carbocycles. The second-order valence-electron chi connectivity index (χ2n) is 4.75.